The second-order valence-corrected chi connectivity index (χ2v) is 11.0. The summed E-state index contributed by atoms with van der Waals surface area (Å²) >= 11 is 1.45. The van der Waals surface area contributed by atoms with Crippen LogP contribution in [0.2, 0.25) is 0 Å². The first kappa shape index (κ1) is 21.5. The summed E-state index contributed by atoms with van der Waals surface area (Å²) in [6, 6.07) is 15.7. The van der Waals surface area contributed by atoms with Gasteiger partial charge in [-0.05, 0) is 47.9 Å². The van der Waals surface area contributed by atoms with Gasteiger partial charge in [-0.2, -0.15) is 0 Å². The first-order chi connectivity index (χ1) is 15.8. The highest BCUT2D eigenvalue weighted by Crippen LogP contribution is 2.35. The van der Waals surface area contributed by atoms with Crippen LogP contribution in [0.1, 0.15) is 25.3 Å². The van der Waals surface area contributed by atoms with Crippen LogP contribution in [0.15, 0.2) is 76.9 Å². The third-order valence-corrected chi connectivity index (χ3v) is 7.75. The summed E-state index contributed by atoms with van der Waals surface area (Å²) in [6.45, 7) is 4.51. The zero-order valence-corrected chi connectivity index (χ0v) is 19.8. The van der Waals surface area contributed by atoms with Crippen LogP contribution in [-0.2, 0) is 14.8 Å². The Morgan fingerprint density at radius 3 is 2.58 bits per heavy atom. The van der Waals surface area contributed by atoms with Gasteiger partial charge in [-0.15, -0.1) is 4.40 Å². The minimum absolute atomic E-state index is 0.0828. The fraction of sp³-hybridized carbons (Fsp3) is 0.208. The van der Waals surface area contributed by atoms with Gasteiger partial charge in [-0.3, -0.25) is 9.69 Å². The molecule has 0 saturated carbocycles. The predicted molar refractivity (Wildman–Crippen MR) is 132 cm³/mol. The number of thiazole rings is 1. The molecule has 0 bridgehead atoms. The van der Waals surface area contributed by atoms with Crippen molar-refractivity contribution >= 4 is 54.1 Å². The van der Waals surface area contributed by atoms with Gasteiger partial charge in [0.05, 0.1) is 27.2 Å². The van der Waals surface area contributed by atoms with Crippen LogP contribution in [0.5, 0.6) is 0 Å². The lowest BCUT2D eigenvalue weighted by molar-refractivity contribution is -0.114. The Hall–Kier alpha value is -3.30. The Morgan fingerprint density at radius 2 is 1.85 bits per heavy atom. The van der Waals surface area contributed by atoms with Gasteiger partial charge in [0, 0.05) is 12.7 Å². The van der Waals surface area contributed by atoms with Crippen molar-refractivity contribution in [2.75, 3.05) is 17.2 Å². The molecular weight excluding hydrogens is 456 g/mol. The van der Waals surface area contributed by atoms with Crippen molar-refractivity contribution in [2.45, 2.75) is 19.8 Å². The van der Waals surface area contributed by atoms with E-state index in [9.17, 15) is 13.2 Å². The van der Waals surface area contributed by atoms with E-state index < -0.39 is 10.0 Å². The number of carbonyl (C=O) groups excluding carboxylic acids is 1. The zero-order valence-electron chi connectivity index (χ0n) is 18.2. The Balaban J connectivity index is 1.56. The largest absolute Gasteiger partial charge is 0.330 e. The molecule has 0 fully saturated rings. The topological polar surface area (TPSA) is 82.9 Å². The third kappa shape index (κ3) is 4.21. The Labute approximate surface area is 196 Å². The maximum atomic E-state index is 13.8. The monoisotopic (exact) mass is 478 g/mol. The molecule has 0 aliphatic carbocycles. The number of hydrogen-bond acceptors (Lipinski definition) is 6. The molecule has 0 radical (unpaired) electrons. The summed E-state index contributed by atoms with van der Waals surface area (Å²) in [5, 5.41) is 0.577. The van der Waals surface area contributed by atoms with E-state index in [4.69, 9.17) is 4.98 Å². The number of sulfonamides is 1. The fourth-order valence-corrected chi connectivity index (χ4v) is 5.69. The number of amidine groups is 1. The van der Waals surface area contributed by atoms with E-state index >= 15 is 0 Å². The van der Waals surface area contributed by atoms with Crippen molar-refractivity contribution in [1.82, 2.24) is 9.88 Å². The van der Waals surface area contributed by atoms with Crippen LogP contribution in [0.4, 0.5) is 10.8 Å². The van der Waals surface area contributed by atoms with E-state index in [1.807, 2.05) is 48.5 Å². The van der Waals surface area contributed by atoms with Gasteiger partial charge in [-0.1, -0.05) is 49.4 Å². The van der Waals surface area contributed by atoms with E-state index in [2.05, 4.69) is 18.2 Å². The maximum Gasteiger partial charge on any atom is 0.266 e. The molecular formula is C24H22N4O3S2. The van der Waals surface area contributed by atoms with Gasteiger partial charge >= 0.3 is 0 Å². The van der Waals surface area contributed by atoms with E-state index in [1.54, 1.807) is 28.2 Å². The molecule has 1 amide bonds. The lowest BCUT2D eigenvalue weighted by Gasteiger charge is -2.28. The lowest BCUT2D eigenvalue weighted by atomic mass is 10.0. The number of nitrogens with zero attached hydrogens (tertiary/aromatic N) is 4. The van der Waals surface area contributed by atoms with Crippen LogP contribution in [0.25, 0.3) is 10.2 Å². The van der Waals surface area contributed by atoms with Crippen molar-refractivity contribution in [1.29, 1.82) is 0 Å². The highest BCUT2D eigenvalue weighted by Gasteiger charge is 2.29. The molecule has 0 spiro atoms. The predicted octanol–water partition coefficient (Wildman–Crippen LogP) is 4.58. The van der Waals surface area contributed by atoms with Gasteiger partial charge in [0.1, 0.15) is 5.84 Å². The molecule has 0 atom stereocenters. The molecule has 3 heterocycles. The molecule has 3 aromatic rings. The summed E-state index contributed by atoms with van der Waals surface area (Å²) < 4.78 is 28.4. The van der Waals surface area contributed by atoms with Crippen LogP contribution in [-0.4, -0.2) is 42.3 Å². The van der Waals surface area contributed by atoms with Crippen molar-refractivity contribution in [2.24, 2.45) is 4.40 Å². The van der Waals surface area contributed by atoms with E-state index in [0.717, 1.165) is 15.9 Å². The second-order valence-electron chi connectivity index (χ2n) is 8.20. The van der Waals surface area contributed by atoms with Gasteiger partial charge in [0.15, 0.2) is 5.13 Å². The minimum Gasteiger partial charge on any atom is -0.330 e. The fourth-order valence-electron chi connectivity index (χ4n) is 3.74. The summed E-state index contributed by atoms with van der Waals surface area (Å²) in [6.07, 6.45) is 4.85. The normalized spacial score (nSPS) is 17.0. The van der Waals surface area contributed by atoms with Crippen molar-refractivity contribution in [3.05, 3.63) is 78.0 Å². The van der Waals surface area contributed by atoms with Crippen LogP contribution in [0.3, 0.4) is 0 Å². The molecule has 0 saturated heterocycles. The first-order valence-corrected chi connectivity index (χ1v) is 13.0. The molecule has 0 N–H and O–H groups in total. The number of para-hydroxylation sites is 1. The Bertz CT molecular complexity index is 1400. The maximum absolute atomic E-state index is 13.8. The van der Waals surface area contributed by atoms with Gasteiger partial charge in [0.25, 0.3) is 15.9 Å². The number of rotatable bonds is 4. The van der Waals surface area contributed by atoms with Crippen LogP contribution in [0, 0.1) is 0 Å². The number of fused-ring (bicyclic) bond motifs is 2. The van der Waals surface area contributed by atoms with E-state index in [0.29, 0.717) is 22.5 Å². The quantitative estimate of drug-likeness (QED) is 0.548. The molecule has 2 aromatic carbocycles. The number of aromatic nitrogens is 1. The molecule has 5 rings (SSSR count). The number of amides is 1. The summed E-state index contributed by atoms with van der Waals surface area (Å²) in [5.41, 5.74) is 3.17. The highest BCUT2D eigenvalue weighted by molar-refractivity contribution is 7.90. The first-order valence-electron chi connectivity index (χ1n) is 10.6. The van der Waals surface area contributed by atoms with Gasteiger partial charge in [-0.25, -0.2) is 13.4 Å². The van der Waals surface area contributed by atoms with Crippen LogP contribution < -0.4 is 4.90 Å². The van der Waals surface area contributed by atoms with Crippen molar-refractivity contribution in [3.8, 4) is 0 Å². The standard InChI is InChI=1S/C24H22N4O3S2/c1-16(2)17-7-10-19(11-8-17)28(24-25-20-5-3-4-6-21(20)32-24)23(29)18-9-12-22-26-33(30,31)14-13-27(22)15-18/h3-12,15-16H,13-14H2,1-2H3. The molecule has 2 aliphatic rings. The second kappa shape index (κ2) is 8.24. The molecule has 0 unspecified atom stereocenters. The molecule has 9 heteroatoms. The minimum atomic E-state index is -3.46. The summed E-state index contributed by atoms with van der Waals surface area (Å²) in [4.78, 5) is 21.8. The SMILES string of the molecule is CC(C)c1ccc(N(C(=O)C2=CN3CCS(=O)(=O)N=C3C=C2)c2nc3ccccc3s2)cc1. The smallest absolute Gasteiger partial charge is 0.266 e. The molecule has 7 nitrogen and oxygen atoms in total. The Morgan fingerprint density at radius 1 is 1.09 bits per heavy atom. The Kier molecular flexibility index (Phi) is 5.38. The van der Waals surface area contributed by atoms with Crippen molar-refractivity contribution in [3.63, 3.8) is 0 Å². The summed E-state index contributed by atoms with van der Waals surface area (Å²) in [5.74, 6) is 0.379. The number of hydrogen-bond donors (Lipinski definition) is 0. The average molecular weight is 479 g/mol. The number of benzene rings is 2. The average Bonchev–Trinajstić information content (AvgIpc) is 3.22. The number of anilines is 2. The molecule has 33 heavy (non-hydrogen) atoms. The molecule has 2 aliphatic heterocycles. The zero-order chi connectivity index (χ0) is 23.2. The number of carbonyl (C=O) groups is 1. The molecule has 168 valence electrons. The van der Waals surface area contributed by atoms with Crippen molar-refractivity contribution < 1.29 is 13.2 Å². The van der Waals surface area contributed by atoms with Gasteiger partial charge in [0.2, 0.25) is 0 Å². The van der Waals surface area contributed by atoms with E-state index in [1.165, 1.54) is 16.9 Å². The third-order valence-electron chi connectivity index (χ3n) is 5.57. The lowest BCUT2D eigenvalue weighted by Crippen LogP contribution is -2.38. The highest BCUT2D eigenvalue weighted by atomic mass is 32.2. The summed E-state index contributed by atoms with van der Waals surface area (Å²) in [7, 11) is -3.46. The molecule has 1 aromatic heterocycles. The van der Waals surface area contributed by atoms with Gasteiger partial charge < -0.3 is 4.90 Å². The van der Waals surface area contributed by atoms with Crippen LogP contribution >= 0.6 is 11.3 Å². The van der Waals surface area contributed by atoms with E-state index in [-0.39, 0.29) is 18.2 Å².